The lowest BCUT2D eigenvalue weighted by molar-refractivity contribution is 0.263. The van der Waals surface area contributed by atoms with Gasteiger partial charge in [0.25, 0.3) is 0 Å². The molecule has 1 rings (SSSR count). The number of hydrogen-bond donors (Lipinski definition) is 2. The Labute approximate surface area is 514 Å². The highest BCUT2D eigenvalue weighted by Crippen LogP contribution is 2.29. The average Bonchev–Trinajstić information content (AvgIpc) is 3.66. The first-order valence-electron chi connectivity index (χ1n) is 36.4. The first-order valence-corrected chi connectivity index (χ1v) is 36.4. The van der Waals surface area contributed by atoms with Gasteiger partial charge < -0.3 is 24.5 Å². The van der Waals surface area contributed by atoms with Crippen molar-refractivity contribution >= 4 is 7.32 Å². The van der Waals surface area contributed by atoms with E-state index in [2.05, 4.69) is 56.2 Å². The van der Waals surface area contributed by atoms with E-state index in [4.69, 9.17) is 10.0 Å². The Hall–Kier alpha value is -1.43. The molecular weight excluding hydrogens is 1050 g/mol. The highest BCUT2D eigenvalue weighted by Gasteiger charge is 2.29. The van der Waals surface area contributed by atoms with Gasteiger partial charge in [-0.3, -0.25) is 0 Å². The van der Waals surface area contributed by atoms with Crippen LogP contribution in [0.15, 0.2) is 0 Å². The van der Waals surface area contributed by atoms with Gasteiger partial charge in [-0.1, -0.05) is 362 Å². The van der Waals surface area contributed by atoms with Crippen LogP contribution in [0.25, 0.3) is 0 Å². The maximum absolute atomic E-state index is 12.7. The van der Waals surface area contributed by atoms with Crippen molar-refractivity contribution in [2.45, 2.75) is 387 Å². The van der Waals surface area contributed by atoms with Gasteiger partial charge in [0, 0.05) is 0 Å². The summed E-state index contributed by atoms with van der Waals surface area (Å²) in [5.41, 5.74) is 0. The van der Waals surface area contributed by atoms with E-state index in [1.807, 2.05) is 0 Å². The Bertz CT molecular complexity index is 1270. The van der Waals surface area contributed by atoms with Gasteiger partial charge in [0.05, 0.1) is 0 Å². The molecule has 0 aliphatic carbocycles. The minimum absolute atomic E-state index is 1.32. The third kappa shape index (κ3) is 60.6. The van der Waals surface area contributed by atoms with Crippen molar-refractivity contribution in [2.24, 2.45) is 0 Å². The first-order chi connectivity index (χ1) is 40.5. The second-order valence-corrected chi connectivity index (χ2v) is 25.3. The molecule has 1 aromatic rings. The van der Waals surface area contributed by atoms with Crippen LogP contribution in [0, 0.1) is 29.1 Å². The molecule has 5 nitrogen and oxygen atoms in total. The summed E-state index contributed by atoms with van der Waals surface area (Å²) < 4.78 is 66.3. The van der Waals surface area contributed by atoms with Crippen molar-refractivity contribution in [3.63, 3.8) is 0 Å². The Morgan fingerprint density at radius 3 is 0.518 bits per heavy atom. The summed E-state index contributed by atoms with van der Waals surface area (Å²) in [7, 11) is 1.98. The van der Waals surface area contributed by atoms with Crippen LogP contribution in [-0.2, 0) is 0 Å². The van der Waals surface area contributed by atoms with Crippen LogP contribution in [0.1, 0.15) is 387 Å². The SMILES string of the molecule is CCCCCCCCCCCCCCCCN(C)CCCCCCCCCCCCCCCC.CCCCCCCCCCCCCCCCN(C)CCCCCCCCCCCCCCCC.OB(O)Oc1c(F)c(F)c(F)c(F)c1F. The summed E-state index contributed by atoms with van der Waals surface area (Å²) in [6.45, 7) is 14.5. The zero-order valence-electron chi connectivity index (χ0n) is 56.1. The second-order valence-electron chi connectivity index (χ2n) is 25.3. The van der Waals surface area contributed by atoms with Crippen molar-refractivity contribution in [1.82, 2.24) is 9.80 Å². The summed E-state index contributed by atoms with van der Waals surface area (Å²) in [6.07, 6.45) is 81.7. The summed E-state index contributed by atoms with van der Waals surface area (Å²) in [5, 5.41) is 16.3. The fourth-order valence-corrected chi connectivity index (χ4v) is 11.3. The Morgan fingerprint density at radius 2 is 0.373 bits per heavy atom. The fourth-order valence-electron chi connectivity index (χ4n) is 11.3. The number of benzene rings is 1. The van der Waals surface area contributed by atoms with E-state index < -0.39 is 42.2 Å². The van der Waals surface area contributed by atoms with Crippen LogP contribution < -0.4 is 4.65 Å². The smallest absolute Gasteiger partial charge is 0.507 e. The molecule has 2 N–H and O–H groups in total. The largest absolute Gasteiger partial charge is 0.707 e. The summed E-state index contributed by atoms with van der Waals surface area (Å²) in [5.74, 6) is -13.1. The maximum atomic E-state index is 12.7. The zero-order valence-corrected chi connectivity index (χ0v) is 56.1. The molecule has 0 spiro atoms. The van der Waals surface area contributed by atoms with Crippen LogP contribution >= 0.6 is 0 Å². The van der Waals surface area contributed by atoms with Crippen LogP contribution in [0.3, 0.4) is 0 Å². The third-order valence-corrected chi connectivity index (χ3v) is 17.0. The monoisotopic (exact) mass is 1190 g/mol. The highest BCUT2D eigenvalue weighted by atomic mass is 19.2. The van der Waals surface area contributed by atoms with Crippen LogP contribution in [0.2, 0.25) is 0 Å². The van der Waals surface area contributed by atoms with Gasteiger partial charge in [-0.2, -0.15) is 8.78 Å². The lowest BCUT2D eigenvalue weighted by Gasteiger charge is -2.16. The standard InChI is InChI=1S/2C33H69N.C6H2BF5O3/c2*1-4-6-8-10-12-14-16-18-20-22-24-26-28-30-32-34(3)33-31-29-27-25-23-21-19-17-15-13-11-9-7-5-2;8-1-2(9)4(11)6(15-7(13)14)5(12)3(1)10/h2*4-33H2,1-3H3;13-14H. The summed E-state index contributed by atoms with van der Waals surface area (Å²) in [4.78, 5) is 5.17. The molecule has 0 atom stereocenters. The van der Waals surface area contributed by atoms with Gasteiger partial charge in [-0.15, -0.1) is 0 Å². The predicted octanol–water partition coefficient (Wildman–Crippen LogP) is 24.5. The van der Waals surface area contributed by atoms with Crippen molar-refractivity contribution in [2.75, 3.05) is 40.3 Å². The number of hydrogen-bond acceptors (Lipinski definition) is 5. The molecule has 0 amide bonds. The Morgan fingerprint density at radius 1 is 0.241 bits per heavy atom. The van der Waals surface area contributed by atoms with Gasteiger partial charge in [0.15, 0.2) is 5.75 Å². The Balaban J connectivity index is 0. The second kappa shape index (κ2) is 68.1. The number of unbranched alkanes of at least 4 members (excludes halogenated alkanes) is 52. The van der Waals surface area contributed by atoms with E-state index in [1.165, 1.54) is 386 Å². The van der Waals surface area contributed by atoms with Crippen molar-refractivity contribution < 1.29 is 36.7 Å². The van der Waals surface area contributed by atoms with Crippen molar-refractivity contribution in [1.29, 1.82) is 0 Å². The van der Waals surface area contributed by atoms with Crippen molar-refractivity contribution in [3.05, 3.63) is 29.1 Å². The van der Waals surface area contributed by atoms with E-state index in [1.54, 1.807) is 0 Å². The lowest BCUT2D eigenvalue weighted by atomic mass is 10.0. The predicted molar refractivity (Wildman–Crippen MR) is 353 cm³/mol. The molecule has 0 radical (unpaired) electrons. The minimum Gasteiger partial charge on any atom is -0.507 e. The molecule has 0 saturated carbocycles. The van der Waals surface area contributed by atoms with Crippen molar-refractivity contribution in [3.8, 4) is 5.75 Å². The van der Waals surface area contributed by atoms with Crippen LogP contribution in [0.5, 0.6) is 5.75 Å². The quantitative estimate of drug-likeness (QED) is 0.0224. The van der Waals surface area contributed by atoms with Gasteiger partial charge in [-0.25, -0.2) is 13.2 Å². The number of rotatable bonds is 62. The molecule has 83 heavy (non-hydrogen) atoms. The molecule has 494 valence electrons. The fraction of sp³-hybridized carbons (Fsp3) is 0.917. The first kappa shape index (κ1) is 83.6. The Kier molecular flexibility index (Phi) is 68.6. The van der Waals surface area contributed by atoms with E-state index in [0.29, 0.717) is 0 Å². The van der Waals surface area contributed by atoms with E-state index in [-0.39, 0.29) is 0 Å². The molecule has 0 aliphatic rings. The molecule has 0 unspecified atom stereocenters. The van der Waals surface area contributed by atoms with Crippen LogP contribution in [-0.4, -0.2) is 67.4 Å². The zero-order chi connectivity index (χ0) is 61.3. The van der Waals surface area contributed by atoms with Crippen LogP contribution in [0.4, 0.5) is 22.0 Å². The molecule has 0 fully saturated rings. The lowest BCUT2D eigenvalue weighted by Crippen LogP contribution is -2.23. The molecule has 11 heteroatoms. The van der Waals surface area contributed by atoms with Gasteiger partial charge >= 0.3 is 7.32 Å². The number of halogens is 5. The van der Waals surface area contributed by atoms with E-state index in [0.717, 1.165) is 0 Å². The maximum Gasteiger partial charge on any atom is 0.707 e. The molecule has 0 bridgehead atoms. The molecular formula is C72H140BF5N2O3. The minimum atomic E-state index is -2.70. The molecule has 0 aromatic heterocycles. The summed E-state index contributed by atoms with van der Waals surface area (Å²) in [6, 6.07) is 0. The average molecular weight is 1190 g/mol. The third-order valence-electron chi connectivity index (χ3n) is 17.0. The van der Waals surface area contributed by atoms with Gasteiger partial charge in [-0.05, 0) is 66.0 Å². The van der Waals surface area contributed by atoms with E-state index in [9.17, 15) is 22.0 Å². The molecule has 0 aliphatic heterocycles. The normalized spacial score (nSPS) is 11.4. The molecule has 0 saturated heterocycles. The topological polar surface area (TPSA) is 56.2 Å². The molecule has 0 heterocycles. The number of nitrogens with zero attached hydrogens (tertiary/aromatic N) is 2. The summed E-state index contributed by atoms with van der Waals surface area (Å²) >= 11 is 0. The van der Waals surface area contributed by atoms with E-state index >= 15 is 0 Å². The van der Waals surface area contributed by atoms with Gasteiger partial charge in [0.2, 0.25) is 29.1 Å². The highest BCUT2D eigenvalue weighted by molar-refractivity contribution is 6.33. The molecule has 1 aromatic carbocycles. The van der Waals surface area contributed by atoms with Gasteiger partial charge in [0.1, 0.15) is 0 Å².